The molecule has 19 heavy (non-hydrogen) atoms. The second-order valence-electron chi connectivity index (χ2n) is 5.16. The lowest BCUT2D eigenvalue weighted by Crippen LogP contribution is -2.35. The molecular formula is C15H26N2O2. The number of hydrogen-bond donors (Lipinski definition) is 3. The van der Waals surface area contributed by atoms with Crippen molar-refractivity contribution in [3.63, 3.8) is 0 Å². The number of phenols is 2. The van der Waals surface area contributed by atoms with Crippen molar-refractivity contribution in [2.75, 3.05) is 20.1 Å². The van der Waals surface area contributed by atoms with E-state index in [-0.39, 0.29) is 17.5 Å². The van der Waals surface area contributed by atoms with Gasteiger partial charge in [-0.2, -0.15) is 0 Å². The molecular weight excluding hydrogens is 240 g/mol. The lowest BCUT2D eigenvalue weighted by atomic mass is 10.1. The van der Waals surface area contributed by atoms with Gasteiger partial charge >= 0.3 is 0 Å². The number of aromatic hydroxyl groups is 2. The van der Waals surface area contributed by atoms with Crippen molar-refractivity contribution < 1.29 is 10.2 Å². The van der Waals surface area contributed by atoms with Crippen molar-refractivity contribution in [1.29, 1.82) is 0 Å². The van der Waals surface area contributed by atoms with Crippen LogP contribution in [0.5, 0.6) is 11.5 Å². The van der Waals surface area contributed by atoms with Gasteiger partial charge in [0.1, 0.15) is 11.5 Å². The van der Waals surface area contributed by atoms with Gasteiger partial charge in [-0.15, -0.1) is 0 Å². The number of rotatable bonds is 7. The third-order valence-corrected chi connectivity index (χ3v) is 3.74. The number of hydrogen-bond acceptors (Lipinski definition) is 4. The summed E-state index contributed by atoms with van der Waals surface area (Å²) in [5.41, 5.74) is 0.728. The Morgan fingerprint density at radius 3 is 2.58 bits per heavy atom. The number of nitrogens with zero attached hydrogens (tertiary/aromatic N) is 1. The molecule has 1 aromatic rings. The minimum Gasteiger partial charge on any atom is -0.508 e. The zero-order chi connectivity index (χ0) is 14.4. The summed E-state index contributed by atoms with van der Waals surface area (Å²) < 4.78 is 0. The fraction of sp³-hybridized carbons (Fsp3) is 0.600. The molecule has 0 bridgehead atoms. The molecule has 2 atom stereocenters. The highest BCUT2D eigenvalue weighted by atomic mass is 16.3. The van der Waals surface area contributed by atoms with Crippen molar-refractivity contribution in [2.24, 2.45) is 0 Å². The molecule has 0 amide bonds. The van der Waals surface area contributed by atoms with E-state index in [4.69, 9.17) is 0 Å². The van der Waals surface area contributed by atoms with E-state index in [1.54, 1.807) is 6.07 Å². The summed E-state index contributed by atoms with van der Waals surface area (Å²) in [6.45, 7) is 8.18. The Hall–Kier alpha value is -1.26. The van der Waals surface area contributed by atoms with Gasteiger partial charge in [0.05, 0.1) is 0 Å². The first kappa shape index (κ1) is 15.8. The molecule has 0 saturated carbocycles. The fourth-order valence-corrected chi connectivity index (χ4v) is 1.99. The van der Waals surface area contributed by atoms with Crippen LogP contribution in [0.1, 0.15) is 38.8 Å². The van der Waals surface area contributed by atoms with Gasteiger partial charge in [-0.05, 0) is 45.5 Å². The summed E-state index contributed by atoms with van der Waals surface area (Å²) in [4.78, 5) is 2.31. The summed E-state index contributed by atoms with van der Waals surface area (Å²) in [5, 5.41) is 22.6. The van der Waals surface area contributed by atoms with Crippen LogP contribution in [0.15, 0.2) is 18.2 Å². The summed E-state index contributed by atoms with van der Waals surface area (Å²) >= 11 is 0. The Balaban J connectivity index is 2.47. The van der Waals surface area contributed by atoms with E-state index in [9.17, 15) is 10.2 Å². The molecule has 0 aliphatic rings. The third-order valence-electron chi connectivity index (χ3n) is 3.74. The zero-order valence-electron chi connectivity index (χ0n) is 12.3. The first-order valence-electron chi connectivity index (χ1n) is 6.91. The lowest BCUT2D eigenvalue weighted by Gasteiger charge is -2.24. The molecule has 0 fully saturated rings. The molecule has 0 heterocycles. The van der Waals surface area contributed by atoms with Crippen molar-refractivity contribution in [3.8, 4) is 11.5 Å². The molecule has 0 radical (unpaired) electrons. The molecule has 4 heteroatoms. The quantitative estimate of drug-likeness (QED) is 0.664. The largest absolute Gasteiger partial charge is 0.508 e. The van der Waals surface area contributed by atoms with Crippen molar-refractivity contribution in [1.82, 2.24) is 10.2 Å². The molecule has 0 aliphatic heterocycles. The van der Waals surface area contributed by atoms with Gasteiger partial charge in [-0.25, -0.2) is 0 Å². The highest BCUT2D eigenvalue weighted by molar-refractivity contribution is 5.40. The standard InChI is InChI=1S/C15H26N2O2/c1-5-11(2)17(4)9-8-16-12(3)14-10-13(18)6-7-15(14)19/h6-7,10-12,16,18-19H,5,8-9H2,1-4H3. The molecule has 2 unspecified atom stereocenters. The summed E-state index contributed by atoms with van der Waals surface area (Å²) in [6.07, 6.45) is 1.14. The van der Waals surface area contributed by atoms with Crippen LogP contribution < -0.4 is 5.32 Å². The summed E-state index contributed by atoms with van der Waals surface area (Å²) in [6, 6.07) is 5.20. The summed E-state index contributed by atoms with van der Waals surface area (Å²) in [7, 11) is 2.12. The monoisotopic (exact) mass is 266 g/mol. The normalized spacial score (nSPS) is 14.6. The molecule has 3 N–H and O–H groups in total. The van der Waals surface area contributed by atoms with E-state index in [0.717, 1.165) is 25.1 Å². The van der Waals surface area contributed by atoms with Gasteiger partial charge in [0, 0.05) is 30.7 Å². The van der Waals surface area contributed by atoms with Crippen molar-refractivity contribution in [3.05, 3.63) is 23.8 Å². The summed E-state index contributed by atoms with van der Waals surface area (Å²) in [5.74, 6) is 0.395. The van der Waals surface area contributed by atoms with Crippen molar-refractivity contribution in [2.45, 2.75) is 39.3 Å². The Kier molecular flexibility index (Phi) is 6.12. The van der Waals surface area contributed by atoms with Crippen LogP contribution in [0.3, 0.4) is 0 Å². The van der Waals surface area contributed by atoms with Crippen LogP contribution in [0.25, 0.3) is 0 Å². The predicted molar refractivity (Wildman–Crippen MR) is 78.6 cm³/mol. The first-order valence-corrected chi connectivity index (χ1v) is 6.91. The van der Waals surface area contributed by atoms with Crippen molar-refractivity contribution >= 4 is 0 Å². The van der Waals surface area contributed by atoms with E-state index in [2.05, 4.69) is 31.1 Å². The van der Waals surface area contributed by atoms with Crippen LogP contribution in [0.4, 0.5) is 0 Å². The first-order chi connectivity index (χ1) is 8.95. The number of nitrogens with one attached hydrogen (secondary N) is 1. The second-order valence-corrected chi connectivity index (χ2v) is 5.16. The maximum atomic E-state index is 9.78. The van der Waals surface area contributed by atoms with E-state index in [1.807, 2.05) is 6.92 Å². The maximum Gasteiger partial charge on any atom is 0.120 e. The van der Waals surface area contributed by atoms with Crippen LogP contribution in [-0.2, 0) is 0 Å². The molecule has 0 saturated heterocycles. The number of phenolic OH excluding ortho intramolecular Hbond substituents is 2. The van der Waals surface area contributed by atoms with Crippen LogP contribution in [0, 0.1) is 0 Å². The van der Waals surface area contributed by atoms with Crippen LogP contribution in [-0.4, -0.2) is 41.3 Å². The molecule has 0 spiro atoms. The van der Waals surface area contributed by atoms with Crippen LogP contribution in [0.2, 0.25) is 0 Å². The smallest absolute Gasteiger partial charge is 0.120 e. The Morgan fingerprint density at radius 2 is 1.95 bits per heavy atom. The van der Waals surface area contributed by atoms with E-state index < -0.39 is 0 Å². The van der Waals surface area contributed by atoms with E-state index >= 15 is 0 Å². The predicted octanol–water partition coefficient (Wildman–Crippen LogP) is 2.48. The average Bonchev–Trinajstić information content (AvgIpc) is 2.40. The molecule has 4 nitrogen and oxygen atoms in total. The Labute approximate surface area is 116 Å². The zero-order valence-corrected chi connectivity index (χ0v) is 12.3. The third kappa shape index (κ3) is 4.73. The van der Waals surface area contributed by atoms with Gasteiger partial charge < -0.3 is 20.4 Å². The van der Waals surface area contributed by atoms with Gasteiger partial charge in [-0.3, -0.25) is 0 Å². The number of benzene rings is 1. The Morgan fingerprint density at radius 1 is 1.26 bits per heavy atom. The molecule has 1 aromatic carbocycles. The molecule has 0 aliphatic carbocycles. The Bertz CT molecular complexity index is 396. The highest BCUT2D eigenvalue weighted by Gasteiger charge is 2.12. The average molecular weight is 266 g/mol. The van der Waals surface area contributed by atoms with Crippen LogP contribution >= 0.6 is 0 Å². The maximum absolute atomic E-state index is 9.78. The van der Waals surface area contributed by atoms with Gasteiger partial charge in [0.2, 0.25) is 0 Å². The SMILES string of the molecule is CCC(C)N(C)CCNC(C)c1cc(O)ccc1O. The lowest BCUT2D eigenvalue weighted by molar-refractivity contribution is 0.249. The highest BCUT2D eigenvalue weighted by Crippen LogP contribution is 2.27. The minimum absolute atomic E-state index is 0.0115. The molecule has 108 valence electrons. The fourth-order valence-electron chi connectivity index (χ4n) is 1.99. The van der Waals surface area contributed by atoms with E-state index in [0.29, 0.717) is 6.04 Å². The number of likely N-dealkylation sites (N-methyl/N-ethyl adjacent to an activating group) is 1. The molecule has 1 rings (SSSR count). The van der Waals surface area contributed by atoms with Gasteiger partial charge in [0.25, 0.3) is 0 Å². The van der Waals surface area contributed by atoms with E-state index in [1.165, 1.54) is 12.1 Å². The second kappa shape index (κ2) is 7.36. The molecule has 0 aromatic heterocycles. The minimum atomic E-state index is 0.0115. The van der Waals surface area contributed by atoms with Gasteiger partial charge in [-0.1, -0.05) is 6.92 Å². The topological polar surface area (TPSA) is 55.7 Å². The van der Waals surface area contributed by atoms with Gasteiger partial charge in [0.15, 0.2) is 0 Å².